The Bertz CT molecular complexity index is 505. The third kappa shape index (κ3) is 3.78. The predicted octanol–water partition coefficient (Wildman–Crippen LogP) is 1.66. The highest BCUT2D eigenvalue weighted by molar-refractivity contribution is 7.89. The van der Waals surface area contributed by atoms with E-state index in [9.17, 15) is 8.42 Å². The van der Waals surface area contributed by atoms with Crippen LogP contribution in [0.2, 0.25) is 0 Å². The Kier molecular flexibility index (Phi) is 4.60. The highest BCUT2D eigenvalue weighted by Crippen LogP contribution is 2.17. The van der Waals surface area contributed by atoms with Gasteiger partial charge in [0.05, 0.1) is 4.90 Å². The van der Waals surface area contributed by atoms with Crippen molar-refractivity contribution in [3.05, 3.63) is 29.8 Å². The maximum Gasteiger partial charge on any atom is 0.240 e. The Morgan fingerprint density at radius 1 is 1.32 bits per heavy atom. The maximum absolute atomic E-state index is 12.3. The molecule has 0 bridgehead atoms. The van der Waals surface area contributed by atoms with Crippen LogP contribution in [-0.4, -0.2) is 27.5 Å². The second-order valence-electron chi connectivity index (χ2n) is 5.33. The molecule has 19 heavy (non-hydrogen) atoms. The summed E-state index contributed by atoms with van der Waals surface area (Å²) < 4.78 is 27.3. The van der Waals surface area contributed by atoms with Gasteiger partial charge in [0.1, 0.15) is 0 Å². The first kappa shape index (κ1) is 14.5. The van der Waals surface area contributed by atoms with Gasteiger partial charge in [0, 0.05) is 6.04 Å². The summed E-state index contributed by atoms with van der Waals surface area (Å²) in [5.74, 6) is 0.369. The van der Waals surface area contributed by atoms with Crippen LogP contribution in [-0.2, 0) is 10.0 Å². The molecule has 0 saturated carbocycles. The van der Waals surface area contributed by atoms with Crippen LogP contribution in [0.4, 0.5) is 0 Å². The van der Waals surface area contributed by atoms with Gasteiger partial charge in [-0.1, -0.05) is 17.7 Å². The number of hydrogen-bond donors (Lipinski definition) is 2. The first-order valence-electron chi connectivity index (χ1n) is 6.79. The quantitative estimate of drug-likeness (QED) is 0.883. The molecule has 2 N–H and O–H groups in total. The second-order valence-corrected chi connectivity index (χ2v) is 7.04. The van der Waals surface area contributed by atoms with E-state index < -0.39 is 10.0 Å². The van der Waals surface area contributed by atoms with Crippen molar-refractivity contribution in [2.75, 3.05) is 13.1 Å². The lowest BCUT2D eigenvalue weighted by Gasteiger charge is -2.28. The third-order valence-corrected chi connectivity index (χ3v) is 5.29. The molecule has 1 aromatic rings. The highest BCUT2D eigenvalue weighted by Gasteiger charge is 2.24. The van der Waals surface area contributed by atoms with Crippen molar-refractivity contribution in [1.29, 1.82) is 0 Å². The summed E-state index contributed by atoms with van der Waals surface area (Å²) in [7, 11) is -3.40. The topological polar surface area (TPSA) is 58.2 Å². The van der Waals surface area contributed by atoms with Crippen molar-refractivity contribution in [2.24, 2.45) is 5.92 Å². The van der Waals surface area contributed by atoms with Gasteiger partial charge in [0.2, 0.25) is 10.0 Å². The monoisotopic (exact) mass is 282 g/mol. The molecule has 1 heterocycles. The fourth-order valence-corrected chi connectivity index (χ4v) is 3.74. The lowest BCUT2D eigenvalue weighted by molar-refractivity contribution is 0.320. The van der Waals surface area contributed by atoms with E-state index in [1.165, 1.54) is 0 Å². The molecule has 1 aliphatic rings. The van der Waals surface area contributed by atoms with E-state index in [1.807, 2.05) is 26.0 Å². The van der Waals surface area contributed by atoms with Crippen LogP contribution in [0.3, 0.4) is 0 Å². The standard InChI is InChI=1S/C14H22N2O2S/c1-11-5-7-14(8-6-11)19(17,18)16-12(2)13-4-3-9-15-10-13/h5-8,12-13,15-16H,3-4,9-10H2,1-2H3. The van der Waals surface area contributed by atoms with Crippen molar-refractivity contribution < 1.29 is 8.42 Å². The molecule has 0 spiro atoms. The number of rotatable bonds is 4. The summed E-state index contributed by atoms with van der Waals surface area (Å²) in [6.07, 6.45) is 2.19. The Balaban J connectivity index is 2.05. The van der Waals surface area contributed by atoms with Crippen LogP contribution < -0.4 is 10.0 Å². The number of benzene rings is 1. The molecular weight excluding hydrogens is 260 g/mol. The number of hydrogen-bond acceptors (Lipinski definition) is 3. The smallest absolute Gasteiger partial charge is 0.240 e. The van der Waals surface area contributed by atoms with Crippen molar-refractivity contribution in [1.82, 2.24) is 10.0 Å². The second kappa shape index (κ2) is 6.03. The summed E-state index contributed by atoms with van der Waals surface area (Å²) in [5, 5.41) is 3.31. The van der Waals surface area contributed by atoms with Crippen molar-refractivity contribution in [2.45, 2.75) is 37.6 Å². The van der Waals surface area contributed by atoms with Crippen LogP contribution in [0.25, 0.3) is 0 Å². The van der Waals surface area contributed by atoms with Gasteiger partial charge < -0.3 is 5.32 Å². The minimum atomic E-state index is -3.40. The average Bonchev–Trinajstić information content (AvgIpc) is 2.40. The zero-order valence-electron chi connectivity index (χ0n) is 11.5. The minimum absolute atomic E-state index is 0.0425. The van der Waals surface area contributed by atoms with E-state index in [-0.39, 0.29) is 6.04 Å². The number of sulfonamides is 1. The van der Waals surface area contributed by atoms with E-state index in [0.29, 0.717) is 10.8 Å². The average molecular weight is 282 g/mol. The molecule has 2 rings (SSSR count). The van der Waals surface area contributed by atoms with E-state index in [1.54, 1.807) is 12.1 Å². The maximum atomic E-state index is 12.3. The van der Waals surface area contributed by atoms with Crippen molar-refractivity contribution in [3.63, 3.8) is 0 Å². The molecule has 1 saturated heterocycles. The predicted molar refractivity (Wildman–Crippen MR) is 76.6 cm³/mol. The molecule has 0 radical (unpaired) electrons. The largest absolute Gasteiger partial charge is 0.316 e. The normalized spacial score (nSPS) is 22.1. The third-order valence-electron chi connectivity index (χ3n) is 3.71. The molecule has 0 amide bonds. The van der Waals surface area contributed by atoms with Gasteiger partial charge in [0.25, 0.3) is 0 Å². The van der Waals surface area contributed by atoms with Gasteiger partial charge in [-0.2, -0.15) is 0 Å². The molecule has 1 aromatic carbocycles. The number of nitrogens with one attached hydrogen (secondary N) is 2. The van der Waals surface area contributed by atoms with Crippen LogP contribution in [0, 0.1) is 12.8 Å². The Morgan fingerprint density at radius 2 is 2.00 bits per heavy atom. The van der Waals surface area contributed by atoms with Gasteiger partial charge >= 0.3 is 0 Å². The first-order chi connectivity index (χ1) is 8.99. The minimum Gasteiger partial charge on any atom is -0.316 e. The summed E-state index contributed by atoms with van der Waals surface area (Å²) >= 11 is 0. The summed E-state index contributed by atoms with van der Waals surface area (Å²) in [6.45, 7) is 5.81. The Hall–Kier alpha value is -0.910. The number of piperidine rings is 1. The highest BCUT2D eigenvalue weighted by atomic mass is 32.2. The van der Waals surface area contributed by atoms with Gasteiger partial charge in [0.15, 0.2) is 0 Å². The van der Waals surface area contributed by atoms with Crippen molar-refractivity contribution >= 4 is 10.0 Å². The van der Waals surface area contributed by atoms with Crippen LogP contribution in [0.1, 0.15) is 25.3 Å². The van der Waals surface area contributed by atoms with Crippen molar-refractivity contribution in [3.8, 4) is 0 Å². The van der Waals surface area contributed by atoms with Crippen LogP contribution >= 0.6 is 0 Å². The molecular formula is C14H22N2O2S. The van der Waals surface area contributed by atoms with E-state index >= 15 is 0 Å². The zero-order valence-corrected chi connectivity index (χ0v) is 12.3. The number of aryl methyl sites for hydroxylation is 1. The molecule has 0 aliphatic carbocycles. The van der Waals surface area contributed by atoms with Gasteiger partial charge in [-0.25, -0.2) is 13.1 Å². The lowest BCUT2D eigenvalue weighted by atomic mass is 9.94. The molecule has 1 aliphatic heterocycles. The molecule has 4 nitrogen and oxygen atoms in total. The summed E-state index contributed by atoms with van der Waals surface area (Å²) in [6, 6.07) is 6.91. The molecule has 2 unspecified atom stereocenters. The molecule has 5 heteroatoms. The Labute approximate surface area is 115 Å². The van der Waals surface area contributed by atoms with Gasteiger partial charge in [-0.05, 0) is 57.8 Å². The molecule has 106 valence electrons. The lowest BCUT2D eigenvalue weighted by Crippen LogP contribution is -2.44. The Morgan fingerprint density at radius 3 is 2.58 bits per heavy atom. The van der Waals surface area contributed by atoms with E-state index in [4.69, 9.17) is 0 Å². The molecule has 2 atom stereocenters. The van der Waals surface area contributed by atoms with Gasteiger partial charge in [-0.15, -0.1) is 0 Å². The summed E-state index contributed by atoms with van der Waals surface area (Å²) in [5.41, 5.74) is 1.06. The van der Waals surface area contributed by atoms with Crippen LogP contribution in [0.5, 0.6) is 0 Å². The van der Waals surface area contributed by atoms with E-state index in [0.717, 1.165) is 31.5 Å². The molecule has 0 aromatic heterocycles. The summed E-state index contributed by atoms with van der Waals surface area (Å²) in [4.78, 5) is 0.341. The van der Waals surface area contributed by atoms with E-state index in [2.05, 4.69) is 10.0 Å². The van der Waals surface area contributed by atoms with Crippen LogP contribution in [0.15, 0.2) is 29.2 Å². The first-order valence-corrected chi connectivity index (χ1v) is 8.27. The fraction of sp³-hybridized carbons (Fsp3) is 0.571. The fourth-order valence-electron chi connectivity index (χ4n) is 2.43. The SMILES string of the molecule is Cc1ccc(S(=O)(=O)NC(C)C2CCCNC2)cc1. The zero-order chi connectivity index (χ0) is 13.9. The molecule has 1 fully saturated rings. The van der Waals surface area contributed by atoms with Gasteiger partial charge in [-0.3, -0.25) is 0 Å².